The second-order valence-electron chi connectivity index (χ2n) is 4.28. The molecule has 2 nitrogen and oxygen atoms in total. The minimum atomic E-state index is -4.78. The Bertz CT molecular complexity index is 609. The molecule has 1 aromatic heterocycles. The number of thiazole rings is 1. The molecular formula is C13H11F4NOS. The van der Waals surface area contributed by atoms with Crippen LogP contribution in [0.1, 0.15) is 27.9 Å². The maximum atomic E-state index is 13.8. The van der Waals surface area contributed by atoms with Gasteiger partial charge in [0.2, 0.25) is 0 Å². The van der Waals surface area contributed by atoms with Crippen molar-refractivity contribution in [3.63, 3.8) is 0 Å². The topological polar surface area (TPSA) is 33.1 Å². The van der Waals surface area contributed by atoms with Crippen LogP contribution in [0.3, 0.4) is 0 Å². The van der Waals surface area contributed by atoms with E-state index >= 15 is 0 Å². The Morgan fingerprint density at radius 2 is 2.05 bits per heavy atom. The normalized spacial score (nSPS) is 13.5. The van der Waals surface area contributed by atoms with E-state index in [1.807, 2.05) is 0 Å². The quantitative estimate of drug-likeness (QED) is 0.873. The summed E-state index contributed by atoms with van der Waals surface area (Å²) in [5, 5.41) is 12.4. The van der Waals surface area contributed by atoms with Crippen LogP contribution in [-0.2, 0) is 12.6 Å². The highest BCUT2D eigenvalue weighted by Gasteiger charge is 2.35. The molecule has 0 aliphatic carbocycles. The summed E-state index contributed by atoms with van der Waals surface area (Å²) in [7, 11) is 0. The van der Waals surface area contributed by atoms with Gasteiger partial charge in [0.05, 0.1) is 22.4 Å². The molecule has 1 atom stereocenters. The highest BCUT2D eigenvalue weighted by Crippen LogP contribution is 2.34. The molecule has 1 N–H and O–H groups in total. The van der Waals surface area contributed by atoms with Gasteiger partial charge in [-0.3, -0.25) is 0 Å². The van der Waals surface area contributed by atoms with E-state index in [9.17, 15) is 22.7 Å². The zero-order valence-corrected chi connectivity index (χ0v) is 11.2. The fourth-order valence-electron chi connectivity index (χ4n) is 1.84. The predicted octanol–water partition coefficient (Wildman–Crippen LogP) is 3.89. The molecule has 0 aliphatic rings. The summed E-state index contributed by atoms with van der Waals surface area (Å²) >= 11 is 1.36. The second-order valence-corrected chi connectivity index (χ2v) is 5.35. The van der Waals surface area contributed by atoms with E-state index in [4.69, 9.17) is 0 Å². The van der Waals surface area contributed by atoms with Crippen LogP contribution in [0.15, 0.2) is 23.6 Å². The molecule has 1 heterocycles. The Labute approximate surface area is 116 Å². The zero-order valence-electron chi connectivity index (χ0n) is 10.4. The molecule has 0 fully saturated rings. The van der Waals surface area contributed by atoms with Crippen molar-refractivity contribution < 1.29 is 22.7 Å². The summed E-state index contributed by atoms with van der Waals surface area (Å²) in [6.45, 7) is 1.77. The molecule has 7 heteroatoms. The number of hydrogen-bond donors (Lipinski definition) is 1. The minimum absolute atomic E-state index is 0.0252. The van der Waals surface area contributed by atoms with E-state index in [-0.39, 0.29) is 12.0 Å². The molecule has 1 aromatic carbocycles. The van der Waals surface area contributed by atoms with Crippen molar-refractivity contribution in [1.82, 2.24) is 4.98 Å². The van der Waals surface area contributed by atoms with Gasteiger partial charge < -0.3 is 5.11 Å². The van der Waals surface area contributed by atoms with E-state index in [0.29, 0.717) is 11.8 Å². The van der Waals surface area contributed by atoms with Gasteiger partial charge in [0.25, 0.3) is 0 Å². The average molecular weight is 305 g/mol. The lowest BCUT2D eigenvalue weighted by Gasteiger charge is -2.14. The summed E-state index contributed by atoms with van der Waals surface area (Å²) in [5.74, 6) is -1.43. The lowest BCUT2D eigenvalue weighted by molar-refractivity contribution is -0.140. The molecule has 0 radical (unpaired) electrons. The van der Waals surface area contributed by atoms with E-state index in [1.165, 1.54) is 11.3 Å². The van der Waals surface area contributed by atoms with Gasteiger partial charge in [-0.1, -0.05) is 12.1 Å². The van der Waals surface area contributed by atoms with Crippen LogP contribution in [0.4, 0.5) is 17.6 Å². The van der Waals surface area contributed by atoms with Crippen molar-refractivity contribution >= 4 is 11.3 Å². The molecule has 20 heavy (non-hydrogen) atoms. The molecule has 0 bridgehead atoms. The highest BCUT2D eigenvalue weighted by atomic mass is 32.1. The van der Waals surface area contributed by atoms with Crippen LogP contribution in [0.5, 0.6) is 0 Å². The number of aliphatic hydroxyl groups is 1. The van der Waals surface area contributed by atoms with Gasteiger partial charge in [0.1, 0.15) is 5.82 Å². The fraction of sp³-hybridized carbons (Fsp3) is 0.308. The third kappa shape index (κ3) is 3.16. The largest absolute Gasteiger partial charge is 0.419 e. The number of aryl methyl sites for hydroxylation is 1. The van der Waals surface area contributed by atoms with Crippen LogP contribution < -0.4 is 0 Å². The molecule has 0 saturated carbocycles. The number of benzene rings is 1. The Balaban J connectivity index is 2.28. The van der Waals surface area contributed by atoms with E-state index in [1.54, 1.807) is 12.3 Å². The summed E-state index contributed by atoms with van der Waals surface area (Å²) in [6.07, 6.45) is -6.17. The van der Waals surface area contributed by atoms with Gasteiger partial charge >= 0.3 is 6.18 Å². The Morgan fingerprint density at radius 1 is 1.35 bits per heavy atom. The maximum Gasteiger partial charge on any atom is 0.419 e. The smallest absolute Gasteiger partial charge is 0.388 e. The van der Waals surface area contributed by atoms with E-state index in [2.05, 4.69) is 4.98 Å². The predicted molar refractivity (Wildman–Crippen MR) is 66.9 cm³/mol. The third-order valence-corrected chi connectivity index (χ3v) is 3.58. The Kier molecular flexibility index (Phi) is 4.10. The first-order valence-corrected chi connectivity index (χ1v) is 6.61. The number of hydrogen-bond acceptors (Lipinski definition) is 3. The molecule has 1 unspecified atom stereocenters. The summed E-state index contributed by atoms with van der Waals surface area (Å²) < 4.78 is 51.6. The Hall–Kier alpha value is -1.47. The molecule has 0 amide bonds. The lowest BCUT2D eigenvalue weighted by Crippen LogP contribution is -2.12. The molecule has 0 aliphatic heterocycles. The molecular weight excluding hydrogens is 294 g/mol. The number of rotatable bonds is 3. The van der Waals surface area contributed by atoms with Crippen LogP contribution >= 0.6 is 11.3 Å². The summed E-state index contributed by atoms with van der Waals surface area (Å²) in [5.41, 5.74) is -1.22. The van der Waals surface area contributed by atoms with Crippen LogP contribution in [-0.4, -0.2) is 10.1 Å². The molecule has 2 aromatic rings. The van der Waals surface area contributed by atoms with Crippen molar-refractivity contribution in [2.24, 2.45) is 0 Å². The van der Waals surface area contributed by atoms with Crippen molar-refractivity contribution in [1.29, 1.82) is 0 Å². The van der Waals surface area contributed by atoms with Crippen molar-refractivity contribution in [2.75, 3.05) is 0 Å². The maximum absolute atomic E-state index is 13.8. The van der Waals surface area contributed by atoms with Gasteiger partial charge in [-0.05, 0) is 13.0 Å². The highest BCUT2D eigenvalue weighted by molar-refractivity contribution is 7.09. The monoisotopic (exact) mass is 305 g/mol. The summed E-state index contributed by atoms with van der Waals surface area (Å²) in [4.78, 5) is 4.09. The molecule has 0 spiro atoms. The van der Waals surface area contributed by atoms with Crippen LogP contribution in [0, 0.1) is 12.7 Å². The summed E-state index contributed by atoms with van der Waals surface area (Å²) in [6, 6.07) is 2.88. The number of alkyl halides is 3. The van der Waals surface area contributed by atoms with Gasteiger partial charge in [0.15, 0.2) is 0 Å². The van der Waals surface area contributed by atoms with Gasteiger partial charge in [-0.25, -0.2) is 9.37 Å². The SMILES string of the molecule is Cc1nc(CC(O)c2cccc(C(F)(F)F)c2F)cs1. The fourth-order valence-corrected chi connectivity index (χ4v) is 2.46. The van der Waals surface area contributed by atoms with Gasteiger partial charge in [0, 0.05) is 17.4 Å². The van der Waals surface area contributed by atoms with Crippen molar-refractivity contribution in [2.45, 2.75) is 25.6 Å². The van der Waals surface area contributed by atoms with Crippen LogP contribution in [0.25, 0.3) is 0 Å². The van der Waals surface area contributed by atoms with Crippen LogP contribution in [0.2, 0.25) is 0 Å². The first-order valence-electron chi connectivity index (χ1n) is 5.73. The Morgan fingerprint density at radius 3 is 2.60 bits per heavy atom. The number of aliphatic hydroxyl groups excluding tert-OH is 1. The third-order valence-electron chi connectivity index (χ3n) is 2.76. The number of aromatic nitrogens is 1. The average Bonchev–Trinajstić information content (AvgIpc) is 2.73. The minimum Gasteiger partial charge on any atom is -0.388 e. The van der Waals surface area contributed by atoms with E-state index in [0.717, 1.165) is 17.1 Å². The van der Waals surface area contributed by atoms with Crippen molar-refractivity contribution in [3.8, 4) is 0 Å². The van der Waals surface area contributed by atoms with Gasteiger partial charge in [-0.15, -0.1) is 11.3 Å². The number of halogens is 4. The first-order chi connectivity index (χ1) is 9.29. The van der Waals surface area contributed by atoms with Gasteiger partial charge in [-0.2, -0.15) is 13.2 Å². The zero-order chi connectivity index (χ0) is 14.9. The second kappa shape index (κ2) is 5.49. The van der Waals surface area contributed by atoms with Crippen molar-refractivity contribution in [3.05, 3.63) is 51.2 Å². The molecule has 0 saturated heterocycles. The molecule has 2 rings (SSSR count). The first kappa shape index (κ1) is 14.9. The van der Waals surface area contributed by atoms with E-state index < -0.39 is 23.7 Å². The standard InChI is InChI=1S/C13H11F4NOS/c1-7-18-8(6-20-7)5-11(19)9-3-2-4-10(12(9)14)13(15,16)17/h2-4,6,11,19H,5H2,1H3. The lowest BCUT2D eigenvalue weighted by atomic mass is 10.0. The molecule has 108 valence electrons. The number of nitrogens with zero attached hydrogens (tertiary/aromatic N) is 1.